The first-order valence-electron chi connectivity index (χ1n) is 6.38. The summed E-state index contributed by atoms with van der Waals surface area (Å²) in [5.41, 5.74) is 3.11. The maximum Gasteiger partial charge on any atom is 0.146 e. The average molecular weight is 252 g/mol. The van der Waals surface area contributed by atoms with E-state index in [-0.39, 0.29) is 17.4 Å². The summed E-state index contributed by atoms with van der Waals surface area (Å²) < 4.78 is 13.9. The van der Waals surface area contributed by atoms with Gasteiger partial charge in [-0.1, -0.05) is 0 Å². The number of pyridine rings is 1. The summed E-state index contributed by atoms with van der Waals surface area (Å²) >= 11 is 0. The van der Waals surface area contributed by atoms with Gasteiger partial charge < -0.3 is 0 Å². The van der Waals surface area contributed by atoms with E-state index < -0.39 is 0 Å². The fourth-order valence-electron chi connectivity index (χ4n) is 2.77. The van der Waals surface area contributed by atoms with Crippen LogP contribution in [-0.4, -0.2) is 28.5 Å². The van der Waals surface area contributed by atoms with E-state index in [9.17, 15) is 4.39 Å². The lowest BCUT2D eigenvalue weighted by atomic mass is 9.87. The molecule has 18 heavy (non-hydrogen) atoms. The summed E-state index contributed by atoms with van der Waals surface area (Å²) in [7, 11) is 0. The summed E-state index contributed by atoms with van der Waals surface area (Å²) in [4.78, 5) is 6.14. The van der Waals surface area contributed by atoms with Gasteiger partial charge in [0.15, 0.2) is 0 Å². The molecule has 0 amide bonds. The summed E-state index contributed by atoms with van der Waals surface area (Å²) in [6.45, 7) is 6.28. The molecule has 0 aromatic carbocycles. The molecule has 100 valence electrons. The molecule has 1 aromatic rings. The van der Waals surface area contributed by atoms with Gasteiger partial charge in [0.25, 0.3) is 0 Å². The number of likely N-dealkylation sites (tertiary alicyclic amines) is 1. The molecular weight excluding hydrogens is 231 g/mol. The van der Waals surface area contributed by atoms with Crippen LogP contribution in [0.2, 0.25) is 0 Å². The first-order valence-corrected chi connectivity index (χ1v) is 6.38. The number of nitrogens with one attached hydrogen (secondary N) is 1. The standard InChI is InChI=1S/C13H21FN4/c1-13(2,18-7-3-4-8-18)12(17-15)10-5-6-16-9-11(10)14/h5-6,9,12,17H,3-4,7-8,15H2,1-2H3. The van der Waals surface area contributed by atoms with Crippen LogP contribution in [0, 0.1) is 5.82 Å². The van der Waals surface area contributed by atoms with Gasteiger partial charge in [-0.2, -0.15) is 0 Å². The van der Waals surface area contributed by atoms with E-state index in [1.54, 1.807) is 12.3 Å². The molecule has 1 atom stereocenters. The molecule has 0 aliphatic carbocycles. The van der Waals surface area contributed by atoms with Crippen LogP contribution in [0.4, 0.5) is 4.39 Å². The van der Waals surface area contributed by atoms with Crippen LogP contribution in [-0.2, 0) is 0 Å². The minimum absolute atomic E-state index is 0.229. The molecular formula is C13H21FN4. The maximum atomic E-state index is 13.9. The first kappa shape index (κ1) is 13.4. The second-order valence-corrected chi connectivity index (χ2v) is 5.34. The Hall–Kier alpha value is -1.04. The number of nitrogens with zero attached hydrogens (tertiary/aromatic N) is 2. The monoisotopic (exact) mass is 252 g/mol. The second-order valence-electron chi connectivity index (χ2n) is 5.34. The van der Waals surface area contributed by atoms with Crippen LogP contribution < -0.4 is 11.3 Å². The Morgan fingerprint density at radius 1 is 1.44 bits per heavy atom. The topological polar surface area (TPSA) is 54.2 Å². The molecule has 4 nitrogen and oxygen atoms in total. The molecule has 1 aliphatic heterocycles. The average Bonchev–Trinajstić information content (AvgIpc) is 2.86. The largest absolute Gasteiger partial charge is 0.296 e. The van der Waals surface area contributed by atoms with E-state index in [4.69, 9.17) is 5.84 Å². The van der Waals surface area contributed by atoms with Crippen LogP contribution >= 0.6 is 0 Å². The van der Waals surface area contributed by atoms with Crippen molar-refractivity contribution in [1.29, 1.82) is 0 Å². The zero-order valence-corrected chi connectivity index (χ0v) is 11.0. The number of hydrogen-bond acceptors (Lipinski definition) is 4. The van der Waals surface area contributed by atoms with Crippen molar-refractivity contribution in [3.05, 3.63) is 29.8 Å². The van der Waals surface area contributed by atoms with Gasteiger partial charge in [-0.3, -0.25) is 21.2 Å². The highest BCUT2D eigenvalue weighted by molar-refractivity contribution is 5.21. The summed E-state index contributed by atoms with van der Waals surface area (Å²) in [6.07, 6.45) is 5.22. The van der Waals surface area contributed by atoms with Crippen molar-refractivity contribution in [2.75, 3.05) is 13.1 Å². The predicted octanol–water partition coefficient (Wildman–Crippen LogP) is 1.60. The van der Waals surface area contributed by atoms with Crippen molar-refractivity contribution in [1.82, 2.24) is 15.3 Å². The van der Waals surface area contributed by atoms with Crippen LogP contribution in [0.3, 0.4) is 0 Å². The lowest BCUT2D eigenvalue weighted by Gasteiger charge is -2.42. The molecule has 3 N–H and O–H groups in total. The van der Waals surface area contributed by atoms with Crippen molar-refractivity contribution in [2.24, 2.45) is 5.84 Å². The Morgan fingerprint density at radius 2 is 2.11 bits per heavy atom. The van der Waals surface area contributed by atoms with E-state index in [0.717, 1.165) is 13.1 Å². The van der Waals surface area contributed by atoms with Gasteiger partial charge in [0.1, 0.15) is 5.82 Å². The number of rotatable bonds is 4. The van der Waals surface area contributed by atoms with Gasteiger partial charge >= 0.3 is 0 Å². The quantitative estimate of drug-likeness (QED) is 0.631. The Kier molecular flexibility index (Phi) is 3.94. The van der Waals surface area contributed by atoms with E-state index >= 15 is 0 Å². The molecule has 0 radical (unpaired) electrons. The summed E-state index contributed by atoms with van der Waals surface area (Å²) in [6, 6.07) is 1.44. The van der Waals surface area contributed by atoms with Crippen molar-refractivity contribution >= 4 is 0 Å². The summed E-state index contributed by atoms with van der Waals surface area (Å²) in [5.74, 6) is 5.35. The molecule has 2 heterocycles. The van der Waals surface area contributed by atoms with Crippen LogP contribution in [0.5, 0.6) is 0 Å². The van der Waals surface area contributed by atoms with Gasteiger partial charge in [0.2, 0.25) is 0 Å². The Labute approximate surface area is 107 Å². The Morgan fingerprint density at radius 3 is 2.67 bits per heavy atom. The van der Waals surface area contributed by atoms with Gasteiger partial charge in [-0.15, -0.1) is 0 Å². The highest BCUT2D eigenvalue weighted by Gasteiger charge is 2.38. The van der Waals surface area contributed by atoms with Crippen molar-refractivity contribution in [3.8, 4) is 0 Å². The third-order valence-corrected chi connectivity index (χ3v) is 3.91. The minimum atomic E-state index is -0.312. The minimum Gasteiger partial charge on any atom is -0.296 e. The molecule has 1 saturated heterocycles. The number of halogens is 1. The highest BCUT2D eigenvalue weighted by atomic mass is 19.1. The van der Waals surface area contributed by atoms with E-state index in [2.05, 4.69) is 29.2 Å². The molecule has 1 aromatic heterocycles. The SMILES string of the molecule is CC(C)(C(NN)c1ccncc1F)N1CCCC1. The van der Waals surface area contributed by atoms with Crippen molar-refractivity contribution in [2.45, 2.75) is 38.3 Å². The van der Waals surface area contributed by atoms with E-state index in [0.29, 0.717) is 5.56 Å². The first-order chi connectivity index (χ1) is 8.57. The third kappa shape index (κ3) is 2.39. The molecule has 1 fully saturated rings. The van der Waals surface area contributed by atoms with Crippen LogP contribution in [0.1, 0.15) is 38.3 Å². The molecule has 5 heteroatoms. The highest BCUT2D eigenvalue weighted by Crippen LogP contribution is 2.33. The predicted molar refractivity (Wildman–Crippen MR) is 69.1 cm³/mol. The lowest BCUT2D eigenvalue weighted by molar-refractivity contribution is 0.105. The van der Waals surface area contributed by atoms with Crippen LogP contribution in [0.25, 0.3) is 0 Å². The molecule has 0 saturated carbocycles. The normalized spacial score (nSPS) is 19.1. The van der Waals surface area contributed by atoms with Gasteiger partial charge in [0.05, 0.1) is 12.2 Å². The van der Waals surface area contributed by atoms with Gasteiger partial charge in [-0.05, 0) is 45.8 Å². The zero-order chi connectivity index (χ0) is 13.2. The Balaban J connectivity index is 2.30. The fourth-order valence-corrected chi connectivity index (χ4v) is 2.77. The zero-order valence-electron chi connectivity index (χ0n) is 11.0. The molecule has 0 spiro atoms. The third-order valence-electron chi connectivity index (χ3n) is 3.91. The second kappa shape index (κ2) is 5.30. The number of aromatic nitrogens is 1. The number of hydrazine groups is 1. The number of nitrogens with two attached hydrogens (primary N) is 1. The van der Waals surface area contributed by atoms with E-state index in [1.807, 2.05) is 0 Å². The Bertz CT molecular complexity index is 402. The van der Waals surface area contributed by atoms with Gasteiger partial charge in [-0.25, -0.2) is 4.39 Å². The van der Waals surface area contributed by atoms with Gasteiger partial charge in [0, 0.05) is 17.3 Å². The lowest BCUT2D eigenvalue weighted by Crippen LogP contribution is -2.53. The maximum absolute atomic E-state index is 13.9. The summed E-state index contributed by atoms with van der Waals surface area (Å²) in [5, 5.41) is 0. The van der Waals surface area contributed by atoms with E-state index in [1.165, 1.54) is 19.0 Å². The smallest absolute Gasteiger partial charge is 0.146 e. The number of hydrogen-bond donors (Lipinski definition) is 2. The molecule has 2 rings (SSSR count). The fraction of sp³-hybridized carbons (Fsp3) is 0.615. The van der Waals surface area contributed by atoms with Crippen molar-refractivity contribution in [3.63, 3.8) is 0 Å². The molecule has 0 bridgehead atoms. The molecule has 1 unspecified atom stereocenters. The van der Waals surface area contributed by atoms with Crippen molar-refractivity contribution < 1.29 is 4.39 Å². The molecule has 1 aliphatic rings. The van der Waals surface area contributed by atoms with Crippen LogP contribution in [0.15, 0.2) is 18.5 Å².